The number of carbonyl (C=O) groups excluding carboxylic acids is 2. The summed E-state index contributed by atoms with van der Waals surface area (Å²) in [6, 6.07) is 9.15. The molecule has 0 spiro atoms. The minimum absolute atomic E-state index is 0.0698. The molecule has 1 saturated carbocycles. The van der Waals surface area contributed by atoms with Crippen molar-refractivity contribution in [2.75, 3.05) is 24.9 Å². The van der Waals surface area contributed by atoms with Crippen molar-refractivity contribution in [3.8, 4) is 34.0 Å². The van der Waals surface area contributed by atoms with Crippen molar-refractivity contribution in [2.24, 2.45) is 0 Å². The summed E-state index contributed by atoms with van der Waals surface area (Å²) in [6.45, 7) is 5.88. The molecule has 0 saturated heterocycles. The van der Waals surface area contributed by atoms with Crippen molar-refractivity contribution in [3.63, 3.8) is 0 Å². The molecular formula is C40H43F2N12O4+. The highest BCUT2D eigenvalue weighted by atomic mass is 19.1. The number of amides is 2. The Morgan fingerprint density at radius 1 is 0.828 bits per heavy atom. The lowest BCUT2D eigenvalue weighted by Gasteiger charge is -2.16. The van der Waals surface area contributed by atoms with Crippen LogP contribution in [0.3, 0.4) is 0 Å². The molecule has 4 heterocycles. The van der Waals surface area contributed by atoms with E-state index in [1.165, 1.54) is 35.7 Å². The minimum atomic E-state index is -0.519. The van der Waals surface area contributed by atoms with Crippen LogP contribution in [0.5, 0.6) is 11.5 Å². The number of carbonyl (C=O) groups is 2. The van der Waals surface area contributed by atoms with Crippen LogP contribution >= 0.6 is 0 Å². The highest BCUT2D eigenvalue weighted by Crippen LogP contribution is 2.29. The first kappa shape index (κ1) is 39.3. The van der Waals surface area contributed by atoms with E-state index in [4.69, 9.17) is 14.5 Å². The summed E-state index contributed by atoms with van der Waals surface area (Å²) in [6.07, 6.45) is 12.0. The predicted molar refractivity (Wildman–Crippen MR) is 210 cm³/mol. The largest absolute Gasteiger partial charge is 0.494 e. The van der Waals surface area contributed by atoms with E-state index in [1.807, 2.05) is 31.5 Å². The third-order valence-electron chi connectivity index (χ3n) is 9.25. The summed E-state index contributed by atoms with van der Waals surface area (Å²) in [7, 11) is 2.81. The van der Waals surface area contributed by atoms with Crippen molar-refractivity contribution in [1.82, 2.24) is 45.1 Å². The molecule has 0 radical (unpaired) electrons. The molecule has 16 nitrogen and oxygen atoms in total. The van der Waals surface area contributed by atoms with E-state index < -0.39 is 11.6 Å². The van der Waals surface area contributed by atoms with Crippen LogP contribution < -0.4 is 35.3 Å². The maximum atomic E-state index is 14.8. The van der Waals surface area contributed by atoms with E-state index in [0.717, 1.165) is 24.0 Å². The summed E-state index contributed by atoms with van der Waals surface area (Å²) in [4.78, 5) is 39.4. The van der Waals surface area contributed by atoms with Gasteiger partial charge in [-0.3, -0.25) is 19.0 Å². The molecule has 0 aliphatic heterocycles. The zero-order chi connectivity index (χ0) is 40.9. The van der Waals surface area contributed by atoms with E-state index in [-0.39, 0.29) is 54.4 Å². The fraction of sp³-hybridized carbons (Fsp3) is 0.300. The average Bonchev–Trinajstić information content (AvgIpc) is 3.72. The zero-order valence-electron chi connectivity index (χ0n) is 32.6. The summed E-state index contributed by atoms with van der Waals surface area (Å²) in [5.74, 6) is -0.485. The number of aromatic nitrogens is 8. The maximum absolute atomic E-state index is 14.8. The summed E-state index contributed by atoms with van der Waals surface area (Å²) in [5, 5.41) is 21.0. The average molecular weight is 794 g/mol. The highest BCUT2D eigenvalue weighted by molar-refractivity contribution is 5.77. The van der Waals surface area contributed by atoms with E-state index in [9.17, 15) is 18.4 Å². The van der Waals surface area contributed by atoms with Crippen LogP contribution in [0.2, 0.25) is 0 Å². The zero-order valence-corrected chi connectivity index (χ0v) is 32.6. The second-order valence-electron chi connectivity index (χ2n) is 14.1. The van der Waals surface area contributed by atoms with Crippen LogP contribution in [0.1, 0.15) is 30.9 Å². The number of rotatable bonds is 16. The van der Waals surface area contributed by atoms with E-state index >= 15 is 0 Å². The molecule has 1 fully saturated rings. The highest BCUT2D eigenvalue weighted by Gasteiger charge is 2.25. The van der Waals surface area contributed by atoms with Crippen molar-refractivity contribution in [3.05, 3.63) is 96.3 Å². The molecule has 6 aromatic rings. The first-order valence-corrected chi connectivity index (χ1v) is 18.5. The SMILES string of the molecule is COc1ccc(-c2nc(Nc3cnn(CC(=O)NC(C)C[n+]4cc(C)c(-c5ccc(OC)c(F)c5)nc4Nc4cnn(CC(=O)NC5CC5)c4)c3)ncc2C)cc1F. The minimum Gasteiger partial charge on any atom is -0.494 e. The molecule has 1 unspecified atom stereocenters. The van der Waals surface area contributed by atoms with Gasteiger partial charge in [-0.05, 0) is 75.6 Å². The predicted octanol–water partition coefficient (Wildman–Crippen LogP) is 4.77. The van der Waals surface area contributed by atoms with Crippen LogP contribution in [0.25, 0.3) is 22.5 Å². The number of nitrogens with one attached hydrogen (secondary N) is 4. The number of ether oxygens (including phenoxy) is 2. The quantitative estimate of drug-likeness (QED) is 0.0993. The Labute approximate surface area is 332 Å². The van der Waals surface area contributed by atoms with Gasteiger partial charge in [0.25, 0.3) is 0 Å². The van der Waals surface area contributed by atoms with Gasteiger partial charge in [-0.15, -0.1) is 0 Å². The van der Waals surface area contributed by atoms with Crippen molar-refractivity contribution >= 4 is 35.1 Å². The molecule has 0 bridgehead atoms. The van der Waals surface area contributed by atoms with Gasteiger partial charge in [0.15, 0.2) is 28.8 Å². The number of hydrogen-bond donors (Lipinski definition) is 4. The van der Waals surface area contributed by atoms with Gasteiger partial charge < -0.3 is 25.4 Å². The third kappa shape index (κ3) is 9.51. The van der Waals surface area contributed by atoms with Gasteiger partial charge in [0, 0.05) is 35.1 Å². The second kappa shape index (κ2) is 17.0. The maximum Gasteiger partial charge on any atom is 0.397 e. The van der Waals surface area contributed by atoms with Gasteiger partial charge in [-0.2, -0.15) is 10.2 Å². The molecule has 2 aromatic carbocycles. The summed E-state index contributed by atoms with van der Waals surface area (Å²) in [5.41, 5.74) is 4.86. The molecule has 1 aliphatic rings. The van der Waals surface area contributed by atoms with Crippen molar-refractivity contribution in [2.45, 2.75) is 65.3 Å². The van der Waals surface area contributed by atoms with Gasteiger partial charge in [-0.1, -0.05) is 4.98 Å². The molecule has 1 aliphatic carbocycles. The number of nitrogens with zero attached hydrogens (tertiary/aromatic N) is 8. The monoisotopic (exact) mass is 793 g/mol. The Morgan fingerprint density at radius 2 is 1.41 bits per heavy atom. The lowest BCUT2D eigenvalue weighted by Crippen LogP contribution is -2.48. The number of hydrogen-bond acceptors (Lipinski definition) is 11. The Morgan fingerprint density at radius 3 is 2.00 bits per heavy atom. The molecule has 2 amide bonds. The fourth-order valence-electron chi connectivity index (χ4n) is 6.31. The molecule has 7 rings (SSSR count). The van der Waals surface area contributed by atoms with Crippen LogP contribution in [0, 0.1) is 25.5 Å². The molecule has 4 aromatic heterocycles. The topological polar surface area (TPSA) is 179 Å². The molecule has 58 heavy (non-hydrogen) atoms. The number of anilines is 4. The van der Waals surface area contributed by atoms with E-state index in [1.54, 1.807) is 55.2 Å². The molecule has 300 valence electrons. The molecule has 4 N–H and O–H groups in total. The number of halogens is 2. The Bertz CT molecular complexity index is 2470. The Kier molecular flexibility index (Phi) is 11.5. The lowest BCUT2D eigenvalue weighted by atomic mass is 10.1. The normalized spacial score (nSPS) is 12.8. The van der Waals surface area contributed by atoms with E-state index in [2.05, 4.69) is 41.4 Å². The number of benzene rings is 2. The van der Waals surface area contributed by atoms with Gasteiger partial charge in [0.05, 0.1) is 63.0 Å². The first-order chi connectivity index (χ1) is 27.9. The van der Waals surface area contributed by atoms with Crippen LogP contribution in [0.4, 0.5) is 32.1 Å². The molecular weight excluding hydrogens is 751 g/mol. The van der Waals surface area contributed by atoms with Gasteiger partial charge >= 0.3 is 5.95 Å². The van der Waals surface area contributed by atoms with Crippen LogP contribution in [-0.2, 0) is 29.2 Å². The third-order valence-corrected chi connectivity index (χ3v) is 9.25. The first-order valence-electron chi connectivity index (χ1n) is 18.5. The fourth-order valence-corrected chi connectivity index (χ4v) is 6.31. The molecule has 1 atom stereocenters. The Balaban J connectivity index is 1.02. The summed E-state index contributed by atoms with van der Waals surface area (Å²) >= 11 is 0. The smallest absolute Gasteiger partial charge is 0.397 e. The second-order valence-corrected chi connectivity index (χ2v) is 14.1. The summed E-state index contributed by atoms with van der Waals surface area (Å²) < 4.78 is 44.2. The van der Waals surface area contributed by atoms with Gasteiger partial charge in [0.1, 0.15) is 18.8 Å². The van der Waals surface area contributed by atoms with Crippen molar-refractivity contribution < 1.29 is 32.4 Å². The standard InChI is InChI=1S/C40H42F2N12O4/c1-23-14-43-39(50-37(23)26-6-10-33(57-4)31(41)12-26)48-29-15-44-53(19-29)21-35(55)46-25(3)18-52-17-24(2)38(27-7-11-34(58-5)32(42)13-27)51-40(52)49-30-16-45-54(20-30)22-36(56)47-28-8-9-28/h6-7,10-17,19-20,25,28H,8-9,18,21-22H2,1-5H3,(H3,43,46,47,48,50,55,56)/p+1. The van der Waals surface area contributed by atoms with Gasteiger partial charge in [0.2, 0.25) is 17.8 Å². The van der Waals surface area contributed by atoms with Crippen molar-refractivity contribution in [1.29, 1.82) is 0 Å². The van der Waals surface area contributed by atoms with E-state index in [0.29, 0.717) is 46.4 Å². The lowest BCUT2D eigenvalue weighted by molar-refractivity contribution is -0.687. The van der Waals surface area contributed by atoms with Crippen LogP contribution in [0.15, 0.2) is 73.6 Å². The van der Waals surface area contributed by atoms with Gasteiger partial charge in [-0.25, -0.2) is 28.6 Å². The Hall–Kier alpha value is -6.98. The number of methoxy groups -OCH3 is 2. The molecule has 18 heteroatoms. The van der Waals surface area contributed by atoms with Crippen LogP contribution in [-0.4, -0.2) is 72.6 Å². The number of aryl methyl sites for hydroxylation is 2.